The molecule has 14 heteroatoms. The number of fused-ring (bicyclic) bond motifs is 1. The van der Waals surface area contributed by atoms with Gasteiger partial charge in [-0.2, -0.15) is 9.98 Å². The molecule has 2 aromatic heterocycles. The summed E-state index contributed by atoms with van der Waals surface area (Å²) in [4.78, 5) is 62.1. The van der Waals surface area contributed by atoms with Gasteiger partial charge in [0.25, 0.3) is 0 Å². The fourth-order valence-corrected chi connectivity index (χ4v) is 3.43. The highest BCUT2D eigenvalue weighted by atomic mass is 35.5. The van der Waals surface area contributed by atoms with E-state index in [0.29, 0.717) is 0 Å². The lowest BCUT2D eigenvalue weighted by atomic mass is 10.1. The highest BCUT2D eigenvalue weighted by molar-refractivity contribution is 6.33. The van der Waals surface area contributed by atoms with Crippen LogP contribution in [0.15, 0.2) is 11.3 Å². The zero-order valence-electron chi connectivity index (χ0n) is 19.6. The number of imidazole rings is 1. The Labute approximate surface area is 189 Å². The maximum Gasteiger partial charge on any atom is 0.303 e. The summed E-state index contributed by atoms with van der Waals surface area (Å²) in [7, 11) is 0. The summed E-state index contributed by atoms with van der Waals surface area (Å²) >= 11 is 6.54. The van der Waals surface area contributed by atoms with E-state index in [1.807, 2.05) is 0 Å². The van der Waals surface area contributed by atoms with Crippen LogP contribution in [-0.2, 0) is 38.1 Å². The molecule has 0 aromatic carbocycles. The Morgan fingerprint density at radius 3 is 2.56 bits per heavy atom. The molecule has 13 nitrogen and oxygen atoms in total. The molecular formula is C18H20ClN5O8. The van der Waals surface area contributed by atoms with E-state index in [2.05, 4.69) is 19.9 Å². The third-order valence-electron chi connectivity index (χ3n) is 4.20. The minimum Gasteiger partial charge on any atom is -0.463 e. The van der Waals surface area contributed by atoms with Gasteiger partial charge in [-0.1, -0.05) is 11.6 Å². The number of carbonyl (C=O) groups is 4. The van der Waals surface area contributed by atoms with Gasteiger partial charge in [0.15, 0.2) is 24.1 Å². The van der Waals surface area contributed by atoms with Crippen LogP contribution >= 0.6 is 11.6 Å². The van der Waals surface area contributed by atoms with Crippen LogP contribution in [0, 0.1) is 0 Å². The standard InChI is InChI=1S/C18H20ClN5O8/c1-7(25)22-18-23-16-12(20-6-21-16)15(19)24(18)17-14(31-10(4)28)13(30-9(3)27)11(32-17)5-29-8(2)26/h6,11,13-14,17H,5H2,1-4H3,(H,20,21,22,23,25)/t11-,13+,14-,17?/m1/s1/i2D,3D,4D. The number of H-pyrrole nitrogens is 1. The molecule has 172 valence electrons. The molecule has 0 saturated carbocycles. The van der Waals surface area contributed by atoms with E-state index in [-0.39, 0.29) is 21.9 Å². The molecule has 1 saturated heterocycles. The Kier molecular flexibility index (Phi) is 5.72. The second kappa shape index (κ2) is 9.44. The molecule has 3 rings (SSSR count). The maximum atomic E-state index is 12.1. The number of carbonyl (C=O) groups excluding carboxylic acids is 4. The second-order valence-electron chi connectivity index (χ2n) is 6.46. The lowest BCUT2D eigenvalue weighted by Crippen LogP contribution is -2.42. The van der Waals surface area contributed by atoms with Crippen LogP contribution in [0.3, 0.4) is 0 Å². The van der Waals surface area contributed by atoms with Crippen molar-refractivity contribution in [1.29, 1.82) is 0 Å². The third-order valence-corrected chi connectivity index (χ3v) is 4.57. The van der Waals surface area contributed by atoms with Crippen molar-refractivity contribution >= 4 is 46.6 Å². The van der Waals surface area contributed by atoms with E-state index in [1.165, 1.54) is 6.33 Å². The van der Waals surface area contributed by atoms with Gasteiger partial charge in [0, 0.05) is 31.7 Å². The quantitative estimate of drug-likeness (QED) is 0.360. The van der Waals surface area contributed by atoms with Crippen molar-refractivity contribution in [1.82, 2.24) is 19.5 Å². The van der Waals surface area contributed by atoms with E-state index < -0.39 is 75.7 Å². The van der Waals surface area contributed by atoms with E-state index in [9.17, 15) is 19.2 Å². The van der Waals surface area contributed by atoms with Gasteiger partial charge in [-0.3, -0.25) is 23.7 Å². The smallest absolute Gasteiger partial charge is 0.303 e. The Hall–Kier alpha value is -3.32. The maximum absolute atomic E-state index is 12.1. The monoisotopic (exact) mass is 472 g/mol. The summed E-state index contributed by atoms with van der Waals surface area (Å²) < 4.78 is 44.2. The van der Waals surface area contributed by atoms with Gasteiger partial charge in [0.1, 0.15) is 23.4 Å². The Morgan fingerprint density at radius 2 is 1.91 bits per heavy atom. The number of ether oxygens (including phenoxy) is 4. The summed E-state index contributed by atoms with van der Waals surface area (Å²) in [6.45, 7) is -1.62. The summed E-state index contributed by atoms with van der Waals surface area (Å²) in [6, 6.07) is 0. The molecule has 1 aliphatic rings. The average molecular weight is 473 g/mol. The van der Waals surface area contributed by atoms with Gasteiger partial charge in [-0.15, -0.1) is 0 Å². The number of nitrogens with one attached hydrogen (secondary N) is 1. The molecule has 1 fully saturated rings. The molecule has 2 aromatic rings. The molecule has 0 aliphatic carbocycles. The van der Waals surface area contributed by atoms with Crippen LogP contribution in [0.4, 0.5) is 0 Å². The fourth-order valence-electron chi connectivity index (χ4n) is 3.12. The number of rotatable bonds is 5. The zero-order valence-corrected chi connectivity index (χ0v) is 17.4. The summed E-state index contributed by atoms with van der Waals surface area (Å²) in [6.07, 6.45) is -4.28. The first-order chi connectivity index (χ1) is 16.7. The summed E-state index contributed by atoms with van der Waals surface area (Å²) in [5.74, 6) is -3.58. The van der Waals surface area contributed by atoms with Crippen LogP contribution in [0.5, 0.6) is 0 Å². The van der Waals surface area contributed by atoms with Crippen molar-refractivity contribution in [3.8, 4) is 0 Å². The van der Waals surface area contributed by atoms with Crippen LogP contribution in [-0.4, -0.2) is 68.3 Å². The normalized spacial score (nSPS) is 24.4. The van der Waals surface area contributed by atoms with Gasteiger partial charge in [0.05, 0.1) is 6.33 Å². The molecule has 3 heterocycles. The van der Waals surface area contributed by atoms with Crippen molar-refractivity contribution in [3.05, 3.63) is 17.1 Å². The Balaban J connectivity index is 2.17. The van der Waals surface area contributed by atoms with Crippen molar-refractivity contribution in [3.63, 3.8) is 0 Å². The Morgan fingerprint density at radius 1 is 1.22 bits per heavy atom. The van der Waals surface area contributed by atoms with E-state index >= 15 is 0 Å². The van der Waals surface area contributed by atoms with Gasteiger partial charge in [-0.05, 0) is 0 Å². The van der Waals surface area contributed by atoms with Gasteiger partial charge in [0.2, 0.25) is 11.5 Å². The van der Waals surface area contributed by atoms with Gasteiger partial charge >= 0.3 is 17.9 Å². The minimum absolute atomic E-state index is 0.112. The van der Waals surface area contributed by atoms with E-state index in [4.69, 9.17) is 34.7 Å². The molecular weight excluding hydrogens is 450 g/mol. The van der Waals surface area contributed by atoms with Crippen molar-refractivity contribution in [2.45, 2.75) is 52.2 Å². The number of aromatic amines is 1. The third kappa shape index (κ3) is 4.94. The van der Waals surface area contributed by atoms with Crippen molar-refractivity contribution < 1.29 is 42.2 Å². The number of esters is 3. The second-order valence-corrected chi connectivity index (χ2v) is 6.82. The molecule has 32 heavy (non-hydrogen) atoms. The fraction of sp³-hybridized carbons (Fsp3) is 0.500. The molecule has 1 aliphatic heterocycles. The Bertz CT molecular complexity index is 1200. The highest BCUT2D eigenvalue weighted by Gasteiger charge is 2.51. The predicted octanol–water partition coefficient (Wildman–Crippen LogP) is 0.184. The van der Waals surface area contributed by atoms with Crippen LogP contribution < -0.4 is 5.62 Å². The first-order valence-electron chi connectivity index (χ1n) is 11.1. The van der Waals surface area contributed by atoms with Gasteiger partial charge < -0.3 is 23.9 Å². The number of halogens is 1. The number of nitrogens with zero attached hydrogens (tertiary/aromatic N) is 4. The number of aromatic nitrogens is 4. The van der Waals surface area contributed by atoms with Crippen LogP contribution in [0.1, 0.15) is 38.0 Å². The highest BCUT2D eigenvalue weighted by Crippen LogP contribution is 2.36. The number of hydrogen-bond donors (Lipinski definition) is 1. The lowest BCUT2D eigenvalue weighted by molar-refractivity contribution is -0.166. The van der Waals surface area contributed by atoms with Crippen molar-refractivity contribution in [2.24, 2.45) is 4.99 Å². The molecule has 1 amide bonds. The minimum atomic E-state index is -1.48. The van der Waals surface area contributed by atoms with Gasteiger partial charge in [-0.25, -0.2) is 4.98 Å². The molecule has 0 bridgehead atoms. The first-order valence-corrected chi connectivity index (χ1v) is 9.32. The first kappa shape index (κ1) is 19.4. The average Bonchev–Trinajstić information content (AvgIpc) is 3.42. The summed E-state index contributed by atoms with van der Waals surface area (Å²) in [5, 5.41) is -0.112. The molecule has 1 unspecified atom stereocenters. The topological polar surface area (TPSA) is 164 Å². The van der Waals surface area contributed by atoms with E-state index in [1.54, 1.807) is 0 Å². The van der Waals surface area contributed by atoms with Crippen LogP contribution in [0.2, 0.25) is 5.15 Å². The largest absolute Gasteiger partial charge is 0.463 e. The van der Waals surface area contributed by atoms with E-state index in [0.717, 1.165) is 11.5 Å². The number of hydrogen-bond acceptors (Lipinski definition) is 10. The number of amides is 1. The molecule has 1 N–H and O–H groups in total. The van der Waals surface area contributed by atoms with Crippen molar-refractivity contribution in [2.75, 3.05) is 6.61 Å². The molecule has 0 radical (unpaired) electrons. The molecule has 4 atom stereocenters. The predicted molar refractivity (Wildman–Crippen MR) is 105 cm³/mol. The summed E-state index contributed by atoms with van der Waals surface area (Å²) in [5.41, 5.74) is 0.0441. The zero-order chi connectivity index (χ0) is 25.7. The SMILES string of the molecule is [2H]CC(=O)OC[C@H]1OC(n2c(Cl)c3[nH]cnc3nc2=NC(C)=O)[C@H](OC(=O)C[2H])[C@H]1OC(=O)C[2H]. The lowest BCUT2D eigenvalue weighted by Gasteiger charge is -2.25. The van der Waals surface area contributed by atoms with Crippen LogP contribution in [0.25, 0.3) is 11.2 Å². The molecule has 0 spiro atoms.